The van der Waals surface area contributed by atoms with E-state index in [2.05, 4.69) is 25.5 Å². The Bertz CT molecular complexity index is 1010. The Balaban J connectivity index is 0.00000210. The van der Waals surface area contributed by atoms with E-state index in [4.69, 9.17) is 4.52 Å². The second-order valence-corrected chi connectivity index (χ2v) is 7.98. The van der Waals surface area contributed by atoms with Gasteiger partial charge < -0.3 is 14.8 Å². The van der Waals surface area contributed by atoms with Crippen molar-refractivity contribution in [3.05, 3.63) is 33.6 Å². The Kier molecular flexibility index (Phi) is 5.14. The summed E-state index contributed by atoms with van der Waals surface area (Å²) in [5.41, 5.74) is 2.66. The van der Waals surface area contributed by atoms with Crippen molar-refractivity contribution < 1.29 is 4.52 Å². The van der Waals surface area contributed by atoms with E-state index in [1.165, 1.54) is 0 Å². The molecule has 8 nitrogen and oxygen atoms in total. The molecular weight excluding hydrogens is 368 g/mol. The molecule has 1 aliphatic heterocycles. The number of H-pyrrole nitrogens is 1. The maximum atomic E-state index is 12.3. The van der Waals surface area contributed by atoms with E-state index in [0.29, 0.717) is 28.8 Å². The Morgan fingerprint density at radius 3 is 2.59 bits per heavy atom. The van der Waals surface area contributed by atoms with Crippen molar-refractivity contribution in [3.63, 3.8) is 0 Å². The molecule has 3 aromatic rings. The fourth-order valence-electron chi connectivity index (χ4n) is 3.47. The zero-order valence-corrected chi connectivity index (χ0v) is 16.8. The Morgan fingerprint density at radius 1 is 1.26 bits per heavy atom. The van der Waals surface area contributed by atoms with Crippen LogP contribution in [0, 0.1) is 6.92 Å². The van der Waals surface area contributed by atoms with Crippen molar-refractivity contribution in [1.29, 1.82) is 0 Å². The first kappa shape index (κ1) is 19.6. The van der Waals surface area contributed by atoms with Crippen molar-refractivity contribution in [3.8, 4) is 11.5 Å². The molecule has 0 amide bonds. The maximum Gasteiger partial charge on any atom is 0.263 e. The van der Waals surface area contributed by atoms with Gasteiger partial charge >= 0.3 is 0 Å². The quantitative estimate of drug-likeness (QED) is 0.695. The number of aromatic amines is 1. The minimum Gasteiger partial charge on any atom is -0.334 e. The molecule has 1 aliphatic rings. The first-order chi connectivity index (χ1) is 12.3. The van der Waals surface area contributed by atoms with E-state index < -0.39 is 0 Å². The van der Waals surface area contributed by atoms with Gasteiger partial charge in [0, 0.05) is 17.4 Å². The van der Waals surface area contributed by atoms with Crippen LogP contribution in [0.4, 0.5) is 0 Å². The van der Waals surface area contributed by atoms with Crippen molar-refractivity contribution in [2.24, 2.45) is 0 Å². The van der Waals surface area contributed by atoms with Gasteiger partial charge in [0.1, 0.15) is 11.2 Å². The first-order valence-electron chi connectivity index (χ1n) is 9.02. The standard InChI is InChI=1S/C18H24N6O2.ClH/c1-10-14(16-21-17(23-26-16)18(2,3)4)15-20-13(25)9-12(24(15)22-10)11-5-7-19-8-6-11;/h9,11,19H,5-8H2,1-4H3,(H,20,25);1H. The third kappa shape index (κ3) is 3.51. The summed E-state index contributed by atoms with van der Waals surface area (Å²) in [5.74, 6) is 1.32. The van der Waals surface area contributed by atoms with Gasteiger partial charge in [0.05, 0.1) is 11.4 Å². The third-order valence-electron chi connectivity index (χ3n) is 4.89. The highest BCUT2D eigenvalue weighted by Gasteiger charge is 2.27. The molecule has 4 rings (SSSR count). The predicted octanol–water partition coefficient (Wildman–Crippen LogP) is 2.57. The summed E-state index contributed by atoms with van der Waals surface area (Å²) in [6.45, 7) is 9.88. The minimum atomic E-state index is -0.216. The average molecular weight is 393 g/mol. The zero-order chi connectivity index (χ0) is 18.5. The molecule has 0 bridgehead atoms. The van der Waals surface area contributed by atoms with E-state index in [0.717, 1.165) is 37.3 Å². The molecule has 4 heterocycles. The predicted molar refractivity (Wildman–Crippen MR) is 105 cm³/mol. The Labute approximate surface area is 163 Å². The summed E-state index contributed by atoms with van der Waals surface area (Å²) in [5, 5.41) is 12.1. The van der Waals surface area contributed by atoms with Crippen LogP contribution in [0.25, 0.3) is 17.1 Å². The van der Waals surface area contributed by atoms with Crippen molar-refractivity contribution in [1.82, 2.24) is 30.1 Å². The van der Waals surface area contributed by atoms with Gasteiger partial charge in [-0.1, -0.05) is 25.9 Å². The van der Waals surface area contributed by atoms with Gasteiger partial charge in [-0.05, 0) is 32.9 Å². The number of hydrogen-bond acceptors (Lipinski definition) is 6. The number of hydrogen-bond donors (Lipinski definition) is 2. The molecule has 3 aromatic heterocycles. The normalized spacial score (nSPS) is 15.9. The second kappa shape index (κ2) is 7.09. The van der Waals surface area contributed by atoms with Crippen LogP contribution in [0.2, 0.25) is 0 Å². The van der Waals surface area contributed by atoms with E-state index in [1.54, 1.807) is 6.07 Å². The number of nitrogens with one attached hydrogen (secondary N) is 2. The lowest BCUT2D eigenvalue weighted by Crippen LogP contribution is -2.28. The summed E-state index contributed by atoms with van der Waals surface area (Å²) in [4.78, 5) is 19.8. The third-order valence-corrected chi connectivity index (χ3v) is 4.89. The largest absolute Gasteiger partial charge is 0.334 e. The fourth-order valence-corrected chi connectivity index (χ4v) is 3.47. The van der Waals surface area contributed by atoms with E-state index in [-0.39, 0.29) is 23.4 Å². The highest BCUT2D eigenvalue weighted by atomic mass is 35.5. The van der Waals surface area contributed by atoms with Crippen molar-refractivity contribution in [2.75, 3.05) is 13.1 Å². The van der Waals surface area contributed by atoms with Crippen LogP contribution in [0.15, 0.2) is 15.4 Å². The van der Waals surface area contributed by atoms with Crippen LogP contribution in [-0.2, 0) is 5.41 Å². The van der Waals surface area contributed by atoms with Gasteiger partial charge in [-0.25, -0.2) is 4.52 Å². The van der Waals surface area contributed by atoms with Gasteiger partial charge in [0.25, 0.3) is 11.4 Å². The average Bonchev–Trinajstić information content (AvgIpc) is 3.18. The molecular formula is C18H25ClN6O2. The molecule has 1 fully saturated rings. The van der Waals surface area contributed by atoms with Gasteiger partial charge in [-0.2, -0.15) is 10.1 Å². The molecule has 0 radical (unpaired) electrons. The molecule has 146 valence electrons. The lowest BCUT2D eigenvalue weighted by molar-refractivity contribution is 0.402. The number of nitrogens with zero attached hydrogens (tertiary/aromatic N) is 4. The SMILES string of the molecule is Cc1nn2c(C3CCNCC3)cc(=O)[nH]c2c1-c1nc(C(C)(C)C)no1.Cl. The van der Waals surface area contributed by atoms with Crippen molar-refractivity contribution in [2.45, 2.75) is 51.9 Å². The lowest BCUT2D eigenvalue weighted by atomic mass is 9.94. The molecule has 2 N–H and O–H groups in total. The van der Waals surface area contributed by atoms with Crippen LogP contribution >= 0.6 is 12.4 Å². The molecule has 0 saturated carbocycles. The van der Waals surface area contributed by atoms with Gasteiger partial charge in [-0.15, -0.1) is 12.4 Å². The smallest absolute Gasteiger partial charge is 0.263 e. The van der Waals surface area contributed by atoms with E-state index in [9.17, 15) is 4.79 Å². The van der Waals surface area contributed by atoms with Crippen LogP contribution < -0.4 is 10.9 Å². The highest BCUT2D eigenvalue weighted by Crippen LogP contribution is 2.31. The highest BCUT2D eigenvalue weighted by molar-refractivity contribution is 5.85. The fraction of sp³-hybridized carbons (Fsp3) is 0.556. The van der Waals surface area contributed by atoms with Crippen molar-refractivity contribution >= 4 is 18.1 Å². The minimum absolute atomic E-state index is 0. The molecule has 1 saturated heterocycles. The Hall–Kier alpha value is -2.19. The number of halogens is 1. The summed E-state index contributed by atoms with van der Waals surface area (Å²) in [7, 11) is 0. The molecule has 0 atom stereocenters. The number of piperidine rings is 1. The Morgan fingerprint density at radius 2 is 1.96 bits per heavy atom. The number of rotatable bonds is 2. The molecule has 0 unspecified atom stereocenters. The molecule has 0 spiro atoms. The van der Waals surface area contributed by atoms with Crippen LogP contribution in [0.1, 0.15) is 56.7 Å². The lowest BCUT2D eigenvalue weighted by Gasteiger charge is -2.23. The molecule has 0 aliphatic carbocycles. The summed E-state index contributed by atoms with van der Waals surface area (Å²) in [6, 6.07) is 1.66. The van der Waals surface area contributed by atoms with Crippen LogP contribution in [0.3, 0.4) is 0 Å². The number of aryl methyl sites for hydroxylation is 1. The van der Waals surface area contributed by atoms with Crippen LogP contribution in [0.5, 0.6) is 0 Å². The van der Waals surface area contributed by atoms with Gasteiger partial charge in [0.2, 0.25) is 0 Å². The number of aromatic nitrogens is 5. The molecule has 0 aromatic carbocycles. The zero-order valence-electron chi connectivity index (χ0n) is 16.0. The van der Waals surface area contributed by atoms with Gasteiger partial charge in [-0.3, -0.25) is 4.79 Å². The monoisotopic (exact) mass is 392 g/mol. The van der Waals surface area contributed by atoms with E-state index >= 15 is 0 Å². The second-order valence-electron chi connectivity index (χ2n) is 7.98. The first-order valence-corrected chi connectivity index (χ1v) is 9.02. The molecule has 27 heavy (non-hydrogen) atoms. The van der Waals surface area contributed by atoms with Crippen LogP contribution in [-0.4, -0.2) is 37.8 Å². The maximum absolute atomic E-state index is 12.3. The van der Waals surface area contributed by atoms with Gasteiger partial charge in [0.15, 0.2) is 5.82 Å². The van der Waals surface area contributed by atoms with E-state index in [1.807, 2.05) is 32.2 Å². The molecule has 9 heteroatoms. The summed E-state index contributed by atoms with van der Waals surface area (Å²) >= 11 is 0. The summed E-state index contributed by atoms with van der Waals surface area (Å²) < 4.78 is 7.34. The summed E-state index contributed by atoms with van der Waals surface area (Å²) in [6.07, 6.45) is 1.98. The topological polar surface area (TPSA) is 101 Å². The number of fused-ring (bicyclic) bond motifs is 1.